The minimum Gasteiger partial charge on any atom is -0.481 e. The molecule has 0 bridgehead atoms. The number of halogens is 1. The van der Waals surface area contributed by atoms with E-state index in [1.807, 2.05) is 0 Å². The van der Waals surface area contributed by atoms with Gasteiger partial charge in [0.1, 0.15) is 5.82 Å². The third kappa shape index (κ3) is 2.70. The van der Waals surface area contributed by atoms with E-state index in [0.717, 1.165) is 25.7 Å². The summed E-state index contributed by atoms with van der Waals surface area (Å²) in [7, 11) is 0. The third-order valence-corrected chi connectivity index (χ3v) is 5.99. The predicted molar refractivity (Wildman–Crippen MR) is 85.7 cm³/mol. The Kier molecular flexibility index (Phi) is 3.62. The smallest absolute Gasteiger partial charge is 0.308 e. The maximum Gasteiger partial charge on any atom is 0.308 e. The van der Waals surface area contributed by atoms with Crippen molar-refractivity contribution in [1.29, 1.82) is 0 Å². The van der Waals surface area contributed by atoms with E-state index in [0.29, 0.717) is 31.0 Å². The van der Waals surface area contributed by atoms with E-state index in [1.165, 1.54) is 6.07 Å². The third-order valence-electron chi connectivity index (χ3n) is 5.99. The second-order valence-electron chi connectivity index (χ2n) is 7.70. The number of aliphatic carboxylic acids is 1. The Morgan fingerprint density at radius 2 is 1.92 bits per heavy atom. The normalized spacial score (nSPS) is 28.0. The number of hydrogen-bond donors (Lipinski definition) is 1. The highest BCUT2D eigenvalue weighted by Crippen LogP contribution is 2.52. The summed E-state index contributed by atoms with van der Waals surface area (Å²) in [5.74, 6) is -0.911. The summed E-state index contributed by atoms with van der Waals surface area (Å²) in [6.45, 7) is 0.869. The fourth-order valence-electron chi connectivity index (χ4n) is 4.22. The van der Waals surface area contributed by atoms with Gasteiger partial charge >= 0.3 is 5.97 Å². The Hall–Kier alpha value is -1.91. The molecule has 0 spiro atoms. The van der Waals surface area contributed by atoms with Gasteiger partial charge in [0.2, 0.25) is 5.91 Å². The van der Waals surface area contributed by atoms with Crippen molar-refractivity contribution >= 4 is 11.9 Å². The maximum absolute atomic E-state index is 13.9. The number of benzene rings is 1. The molecule has 1 aromatic carbocycles. The fraction of sp³-hybridized carbons (Fsp3) is 0.579. The molecule has 1 N–H and O–H groups in total. The molecule has 2 saturated carbocycles. The number of amides is 1. The molecule has 1 aromatic rings. The van der Waals surface area contributed by atoms with E-state index in [4.69, 9.17) is 0 Å². The van der Waals surface area contributed by atoms with Gasteiger partial charge in [0.25, 0.3) is 0 Å². The summed E-state index contributed by atoms with van der Waals surface area (Å²) in [6.07, 6.45) is 4.11. The monoisotopic (exact) mass is 331 g/mol. The van der Waals surface area contributed by atoms with Crippen LogP contribution in [0.2, 0.25) is 0 Å². The Balaban J connectivity index is 1.49. The molecule has 1 saturated heterocycles. The van der Waals surface area contributed by atoms with E-state index < -0.39 is 17.3 Å². The molecule has 128 valence electrons. The number of nitrogens with zero attached hydrogens (tertiary/aromatic N) is 1. The van der Waals surface area contributed by atoms with Crippen molar-refractivity contribution in [3.8, 4) is 0 Å². The average Bonchev–Trinajstić information content (AvgIpc) is 3.48. The fourth-order valence-corrected chi connectivity index (χ4v) is 4.22. The SMILES string of the molecule is O=C(O)[C@H]1CN(C(=O)C2(Cc3ccccc3F)CC2)C[C@@H]1C1CC1. The molecule has 4 rings (SSSR count). The molecule has 2 aliphatic carbocycles. The summed E-state index contributed by atoms with van der Waals surface area (Å²) < 4.78 is 13.9. The molecule has 1 aliphatic heterocycles. The first-order valence-corrected chi connectivity index (χ1v) is 8.76. The van der Waals surface area contributed by atoms with Gasteiger partial charge in [0.05, 0.1) is 11.3 Å². The lowest BCUT2D eigenvalue weighted by molar-refractivity contribution is -0.143. The molecule has 1 heterocycles. The number of carboxylic acids is 1. The second-order valence-corrected chi connectivity index (χ2v) is 7.70. The van der Waals surface area contributed by atoms with Gasteiger partial charge in [-0.25, -0.2) is 4.39 Å². The molecule has 4 nitrogen and oxygen atoms in total. The van der Waals surface area contributed by atoms with Gasteiger partial charge in [-0.05, 0) is 55.6 Å². The minimum absolute atomic E-state index is 0.0279. The molecule has 3 fully saturated rings. The molecule has 24 heavy (non-hydrogen) atoms. The molecule has 1 amide bonds. The van der Waals surface area contributed by atoms with Crippen molar-refractivity contribution in [3.63, 3.8) is 0 Å². The highest BCUT2D eigenvalue weighted by Gasteiger charge is 2.55. The lowest BCUT2D eigenvalue weighted by Crippen LogP contribution is -2.37. The predicted octanol–water partition coefficient (Wildman–Crippen LogP) is 2.72. The van der Waals surface area contributed by atoms with E-state index >= 15 is 0 Å². The first kappa shape index (κ1) is 15.6. The zero-order valence-corrected chi connectivity index (χ0v) is 13.6. The topological polar surface area (TPSA) is 57.6 Å². The molecule has 2 atom stereocenters. The quantitative estimate of drug-likeness (QED) is 0.902. The number of hydrogen-bond acceptors (Lipinski definition) is 2. The Bertz CT molecular complexity index is 681. The van der Waals surface area contributed by atoms with Crippen molar-refractivity contribution in [2.75, 3.05) is 13.1 Å². The molecule has 0 aromatic heterocycles. The minimum atomic E-state index is -0.791. The van der Waals surface area contributed by atoms with Crippen molar-refractivity contribution in [2.45, 2.75) is 32.1 Å². The largest absolute Gasteiger partial charge is 0.481 e. The van der Waals surface area contributed by atoms with Crippen LogP contribution in [-0.2, 0) is 16.0 Å². The molecule has 0 radical (unpaired) electrons. The van der Waals surface area contributed by atoms with Gasteiger partial charge in [-0.15, -0.1) is 0 Å². The van der Waals surface area contributed by atoms with Crippen LogP contribution in [0.1, 0.15) is 31.2 Å². The van der Waals surface area contributed by atoms with Crippen LogP contribution in [-0.4, -0.2) is 35.0 Å². The molecule has 5 heteroatoms. The van der Waals surface area contributed by atoms with Crippen LogP contribution in [0.25, 0.3) is 0 Å². The number of carbonyl (C=O) groups excluding carboxylic acids is 1. The number of carboxylic acid groups (broad SMARTS) is 1. The summed E-state index contributed by atoms with van der Waals surface area (Å²) in [5.41, 5.74) is 0.0695. The molecule has 0 unspecified atom stereocenters. The number of likely N-dealkylation sites (tertiary alicyclic amines) is 1. The Morgan fingerprint density at radius 3 is 2.50 bits per heavy atom. The van der Waals surface area contributed by atoms with Crippen molar-refractivity contribution in [2.24, 2.45) is 23.2 Å². The van der Waals surface area contributed by atoms with Crippen molar-refractivity contribution in [1.82, 2.24) is 4.90 Å². The number of rotatable bonds is 5. The zero-order chi connectivity index (χ0) is 16.9. The van der Waals surface area contributed by atoms with Crippen LogP contribution < -0.4 is 0 Å². The summed E-state index contributed by atoms with van der Waals surface area (Å²) in [6, 6.07) is 6.60. The molecule has 3 aliphatic rings. The van der Waals surface area contributed by atoms with Crippen LogP contribution in [0, 0.1) is 29.0 Å². The summed E-state index contributed by atoms with van der Waals surface area (Å²) in [4.78, 5) is 26.3. The van der Waals surface area contributed by atoms with Crippen LogP contribution >= 0.6 is 0 Å². The van der Waals surface area contributed by atoms with Crippen LogP contribution in [0.5, 0.6) is 0 Å². The van der Waals surface area contributed by atoms with E-state index in [1.54, 1.807) is 23.1 Å². The maximum atomic E-state index is 13.9. The Labute approximate surface area is 140 Å². The van der Waals surface area contributed by atoms with Gasteiger partial charge in [-0.1, -0.05) is 18.2 Å². The standard InChI is InChI=1S/C19H22FNO3/c20-16-4-2-1-3-13(16)9-19(7-8-19)18(24)21-10-14(12-5-6-12)15(11-21)17(22)23/h1-4,12,14-15H,5-11H2,(H,22,23)/t14-,15+/m1/s1. The second kappa shape index (κ2) is 5.57. The van der Waals surface area contributed by atoms with E-state index in [2.05, 4.69) is 0 Å². The highest BCUT2D eigenvalue weighted by molar-refractivity contribution is 5.87. The van der Waals surface area contributed by atoms with Crippen LogP contribution in [0.4, 0.5) is 4.39 Å². The van der Waals surface area contributed by atoms with Crippen LogP contribution in [0.3, 0.4) is 0 Å². The Morgan fingerprint density at radius 1 is 1.21 bits per heavy atom. The van der Waals surface area contributed by atoms with Crippen LogP contribution in [0.15, 0.2) is 24.3 Å². The van der Waals surface area contributed by atoms with Gasteiger partial charge in [0.15, 0.2) is 0 Å². The lowest BCUT2D eigenvalue weighted by Gasteiger charge is -2.23. The zero-order valence-electron chi connectivity index (χ0n) is 13.6. The van der Waals surface area contributed by atoms with Gasteiger partial charge in [-0.2, -0.15) is 0 Å². The molecular weight excluding hydrogens is 309 g/mol. The summed E-state index contributed by atoms with van der Waals surface area (Å²) >= 11 is 0. The first-order chi connectivity index (χ1) is 11.5. The average molecular weight is 331 g/mol. The summed E-state index contributed by atoms with van der Waals surface area (Å²) in [5, 5.41) is 9.46. The first-order valence-electron chi connectivity index (χ1n) is 8.76. The highest BCUT2D eigenvalue weighted by atomic mass is 19.1. The number of carbonyl (C=O) groups is 2. The van der Waals surface area contributed by atoms with Gasteiger partial charge in [0, 0.05) is 13.1 Å². The van der Waals surface area contributed by atoms with Crippen molar-refractivity contribution in [3.05, 3.63) is 35.6 Å². The van der Waals surface area contributed by atoms with Crippen molar-refractivity contribution < 1.29 is 19.1 Å². The lowest BCUT2D eigenvalue weighted by atomic mass is 9.92. The van der Waals surface area contributed by atoms with E-state index in [9.17, 15) is 19.1 Å². The molecular formula is C19H22FNO3. The van der Waals surface area contributed by atoms with E-state index in [-0.39, 0.29) is 17.6 Å². The van der Waals surface area contributed by atoms with Gasteiger partial charge in [-0.3, -0.25) is 9.59 Å². The van der Waals surface area contributed by atoms with Gasteiger partial charge < -0.3 is 10.0 Å².